The van der Waals surface area contributed by atoms with E-state index in [-0.39, 0.29) is 0 Å². The first-order chi connectivity index (χ1) is 12.7. The number of methoxy groups -OCH3 is 1. The molecule has 0 spiro atoms. The van der Waals surface area contributed by atoms with E-state index < -0.39 is 0 Å². The van der Waals surface area contributed by atoms with Gasteiger partial charge in [-0.2, -0.15) is 4.98 Å². The van der Waals surface area contributed by atoms with Gasteiger partial charge in [0, 0.05) is 33.3 Å². The summed E-state index contributed by atoms with van der Waals surface area (Å²) in [6, 6.07) is 7.99. The smallest absolute Gasteiger partial charge is 0.240 e. The number of hydrogen-bond donors (Lipinski definition) is 0. The molecule has 0 atom stereocenters. The van der Waals surface area contributed by atoms with Crippen molar-refractivity contribution >= 4 is 16.9 Å². The summed E-state index contributed by atoms with van der Waals surface area (Å²) in [5.74, 6) is 2.19. The lowest BCUT2D eigenvalue weighted by Gasteiger charge is -2.35. The van der Waals surface area contributed by atoms with Crippen LogP contribution in [0, 0.1) is 6.92 Å². The van der Waals surface area contributed by atoms with Crippen molar-refractivity contribution in [2.24, 2.45) is 0 Å². The third-order valence-electron chi connectivity index (χ3n) is 4.53. The highest BCUT2D eigenvalue weighted by Gasteiger charge is 2.22. The van der Waals surface area contributed by atoms with E-state index in [0.29, 0.717) is 24.9 Å². The molecule has 8 heteroatoms. The lowest BCUT2D eigenvalue weighted by Crippen LogP contribution is -2.46. The molecule has 26 heavy (non-hydrogen) atoms. The van der Waals surface area contributed by atoms with E-state index in [1.54, 1.807) is 7.11 Å². The van der Waals surface area contributed by atoms with Gasteiger partial charge < -0.3 is 14.2 Å². The standard InChI is InChI=1S/C18H22N6O2/c1-13-18(20-15-6-4-3-5-14(15)19-13)24-9-7-23(8-10-24)11-17-21-16(12-25-2)22-26-17/h3-6H,7-12H2,1-2H3. The van der Waals surface area contributed by atoms with Gasteiger partial charge in [0.05, 0.1) is 23.3 Å². The SMILES string of the molecule is COCc1noc(CN2CCN(c3nc4ccccc4nc3C)CC2)n1. The number of benzene rings is 1. The van der Waals surface area contributed by atoms with Gasteiger partial charge in [-0.1, -0.05) is 17.3 Å². The van der Waals surface area contributed by atoms with Crippen LogP contribution in [0.4, 0.5) is 5.82 Å². The molecule has 0 unspecified atom stereocenters. The van der Waals surface area contributed by atoms with Crippen molar-refractivity contribution in [2.75, 3.05) is 38.2 Å². The summed E-state index contributed by atoms with van der Waals surface area (Å²) in [4.78, 5) is 18.5. The van der Waals surface area contributed by atoms with Crippen LogP contribution in [0.3, 0.4) is 0 Å². The Labute approximate surface area is 151 Å². The monoisotopic (exact) mass is 354 g/mol. The molecule has 2 aromatic heterocycles. The van der Waals surface area contributed by atoms with Crippen LogP contribution < -0.4 is 4.90 Å². The van der Waals surface area contributed by atoms with Crippen LogP contribution in [0.1, 0.15) is 17.4 Å². The summed E-state index contributed by atoms with van der Waals surface area (Å²) in [6.45, 7) is 6.67. The molecule has 0 bridgehead atoms. The molecule has 1 fully saturated rings. The molecule has 3 aromatic rings. The van der Waals surface area contributed by atoms with Crippen molar-refractivity contribution in [3.05, 3.63) is 41.7 Å². The Morgan fingerprint density at radius 3 is 2.50 bits per heavy atom. The van der Waals surface area contributed by atoms with Gasteiger partial charge in [-0.15, -0.1) is 0 Å². The van der Waals surface area contributed by atoms with E-state index in [4.69, 9.17) is 19.2 Å². The van der Waals surface area contributed by atoms with Crippen molar-refractivity contribution in [3.63, 3.8) is 0 Å². The molecule has 0 amide bonds. The predicted molar refractivity (Wildman–Crippen MR) is 96.8 cm³/mol. The molecule has 1 saturated heterocycles. The summed E-state index contributed by atoms with van der Waals surface area (Å²) in [6.07, 6.45) is 0. The van der Waals surface area contributed by atoms with Gasteiger partial charge in [0.1, 0.15) is 6.61 Å². The van der Waals surface area contributed by atoms with Crippen molar-refractivity contribution in [1.29, 1.82) is 0 Å². The highest BCUT2D eigenvalue weighted by Crippen LogP contribution is 2.21. The van der Waals surface area contributed by atoms with E-state index in [9.17, 15) is 0 Å². The molecule has 1 aromatic carbocycles. The number of ether oxygens (including phenoxy) is 1. The molecular formula is C18H22N6O2. The highest BCUT2D eigenvalue weighted by molar-refractivity contribution is 5.76. The van der Waals surface area contributed by atoms with Crippen molar-refractivity contribution in [1.82, 2.24) is 25.0 Å². The number of para-hydroxylation sites is 2. The number of nitrogens with zero attached hydrogens (tertiary/aromatic N) is 6. The zero-order chi connectivity index (χ0) is 17.9. The van der Waals surface area contributed by atoms with Crippen molar-refractivity contribution in [3.8, 4) is 0 Å². The number of aryl methyl sites for hydroxylation is 1. The van der Waals surface area contributed by atoms with Gasteiger partial charge in [-0.3, -0.25) is 4.90 Å². The second-order valence-corrected chi connectivity index (χ2v) is 6.42. The molecule has 8 nitrogen and oxygen atoms in total. The van der Waals surface area contributed by atoms with Gasteiger partial charge >= 0.3 is 0 Å². The molecule has 0 radical (unpaired) electrons. The molecule has 4 rings (SSSR count). The Kier molecular flexibility index (Phi) is 4.77. The van der Waals surface area contributed by atoms with Crippen LogP contribution in [-0.4, -0.2) is 58.3 Å². The Hall–Kier alpha value is -2.58. The molecule has 1 aliphatic rings. The molecule has 1 aliphatic heterocycles. The topological polar surface area (TPSA) is 80.4 Å². The van der Waals surface area contributed by atoms with E-state index >= 15 is 0 Å². The lowest BCUT2D eigenvalue weighted by atomic mass is 10.2. The molecule has 3 heterocycles. The summed E-state index contributed by atoms with van der Waals surface area (Å²) in [7, 11) is 1.62. The van der Waals surface area contributed by atoms with Crippen LogP contribution in [0.25, 0.3) is 11.0 Å². The third kappa shape index (κ3) is 3.51. The van der Waals surface area contributed by atoms with E-state index in [2.05, 4.69) is 19.9 Å². The van der Waals surface area contributed by atoms with Crippen molar-refractivity contribution in [2.45, 2.75) is 20.1 Å². The van der Waals surface area contributed by atoms with Crippen LogP contribution in [0.15, 0.2) is 28.8 Å². The minimum Gasteiger partial charge on any atom is -0.377 e. The second-order valence-electron chi connectivity index (χ2n) is 6.42. The number of piperazine rings is 1. The first-order valence-corrected chi connectivity index (χ1v) is 8.74. The fourth-order valence-electron chi connectivity index (χ4n) is 3.23. The number of anilines is 1. The maximum atomic E-state index is 5.28. The highest BCUT2D eigenvalue weighted by atomic mass is 16.5. The average Bonchev–Trinajstić information content (AvgIpc) is 3.09. The Balaban J connectivity index is 1.41. The fraction of sp³-hybridized carbons (Fsp3) is 0.444. The van der Waals surface area contributed by atoms with Gasteiger partial charge in [0.15, 0.2) is 11.6 Å². The Morgan fingerprint density at radius 1 is 1.04 bits per heavy atom. The van der Waals surface area contributed by atoms with Crippen LogP contribution >= 0.6 is 0 Å². The predicted octanol–water partition coefficient (Wildman–Crippen LogP) is 1.79. The van der Waals surface area contributed by atoms with Gasteiger partial charge in [0.2, 0.25) is 5.89 Å². The number of fused-ring (bicyclic) bond motifs is 1. The summed E-state index contributed by atoms with van der Waals surface area (Å²) < 4.78 is 10.3. The fourth-order valence-corrected chi connectivity index (χ4v) is 3.23. The molecule has 0 aliphatic carbocycles. The quantitative estimate of drug-likeness (QED) is 0.686. The lowest BCUT2D eigenvalue weighted by molar-refractivity contribution is 0.174. The van der Waals surface area contributed by atoms with Crippen LogP contribution in [0.2, 0.25) is 0 Å². The molecule has 0 N–H and O–H groups in total. The zero-order valence-electron chi connectivity index (χ0n) is 15.1. The van der Waals surface area contributed by atoms with E-state index in [1.165, 1.54) is 0 Å². The second kappa shape index (κ2) is 7.35. The maximum Gasteiger partial charge on any atom is 0.240 e. The maximum absolute atomic E-state index is 5.28. The van der Waals surface area contributed by atoms with Gasteiger partial charge in [-0.25, -0.2) is 9.97 Å². The number of hydrogen-bond acceptors (Lipinski definition) is 8. The first kappa shape index (κ1) is 16.9. The third-order valence-corrected chi connectivity index (χ3v) is 4.53. The molecule has 0 saturated carbocycles. The number of rotatable bonds is 5. The first-order valence-electron chi connectivity index (χ1n) is 8.74. The van der Waals surface area contributed by atoms with Crippen molar-refractivity contribution < 1.29 is 9.26 Å². The molecular weight excluding hydrogens is 332 g/mol. The van der Waals surface area contributed by atoms with Crippen LogP contribution in [0.5, 0.6) is 0 Å². The minimum atomic E-state index is 0.372. The molecule has 136 valence electrons. The zero-order valence-corrected chi connectivity index (χ0v) is 15.1. The van der Waals surface area contributed by atoms with Gasteiger partial charge in [0.25, 0.3) is 0 Å². The summed E-state index contributed by atoms with van der Waals surface area (Å²) in [5, 5.41) is 3.91. The number of aromatic nitrogens is 4. The largest absolute Gasteiger partial charge is 0.377 e. The van der Waals surface area contributed by atoms with E-state index in [1.807, 2.05) is 31.2 Å². The minimum absolute atomic E-state index is 0.372. The summed E-state index contributed by atoms with van der Waals surface area (Å²) >= 11 is 0. The Bertz CT molecular complexity index is 888. The average molecular weight is 354 g/mol. The normalized spacial score (nSPS) is 15.7. The Morgan fingerprint density at radius 2 is 1.77 bits per heavy atom. The van der Waals surface area contributed by atoms with Crippen LogP contribution in [-0.2, 0) is 17.9 Å². The summed E-state index contributed by atoms with van der Waals surface area (Å²) in [5.41, 5.74) is 2.85. The van der Waals surface area contributed by atoms with E-state index in [0.717, 1.165) is 48.7 Å². The van der Waals surface area contributed by atoms with Gasteiger partial charge in [-0.05, 0) is 19.1 Å².